The molecule has 2 heterocycles. The van der Waals surface area contributed by atoms with Crippen LogP contribution in [-0.4, -0.2) is 31.5 Å². The number of aldehydes is 2. The maximum Gasteiger partial charge on any atom is 0.150 e. The standard InChI is InChI=1S/C24H24N6.C8H6O2.C4H6N2.Ac.H2O/c1-13-19(11-25)21(23(27-5)15(3)29-13)17-7-9-18(10-8-17)22-20(12-26)14(2)30-16(4)24(22)28-6;9-5-7-1-2-8(6-10)4-3-7;1-4(6)2-3-5;;/h7-10,21-22,29-30H,5-6H2,1-4H3;1-6H;2H,6H2,1H3;;1H2/b;;4-2+;;. The molecule has 0 bridgehead atoms. The van der Waals surface area contributed by atoms with E-state index in [0.29, 0.717) is 28.0 Å². The summed E-state index contributed by atoms with van der Waals surface area (Å²) in [7, 11) is 0. The van der Waals surface area contributed by atoms with Crippen LogP contribution in [0.4, 0.5) is 0 Å². The van der Waals surface area contributed by atoms with E-state index in [0.717, 1.165) is 57.9 Å². The summed E-state index contributed by atoms with van der Waals surface area (Å²) < 4.78 is 0. The number of nitrogens with zero attached hydrogens (tertiary/aromatic N) is 5. The van der Waals surface area contributed by atoms with Gasteiger partial charge in [-0.1, -0.05) is 48.5 Å². The first kappa shape index (κ1) is 43.1. The minimum atomic E-state index is -0.280. The molecule has 12 heteroatoms. The number of carbonyl (C=O) groups is 2. The van der Waals surface area contributed by atoms with E-state index < -0.39 is 0 Å². The minimum Gasteiger partial charge on any atom is -0.412 e. The largest absolute Gasteiger partial charge is 0.412 e. The normalized spacial score (nSPS) is 16.6. The van der Waals surface area contributed by atoms with Gasteiger partial charge in [0.05, 0.1) is 52.6 Å². The summed E-state index contributed by atoms with van der Waals surface area (Å²) in [6, 6.07) is 20.8. The Balaban J connectivity index is 0.00000102. The molecule has 1 radical (unpaired) electrons. The van der Waals surface area contributed by atoms with Crippen molar-refractivity contribution in [3.8, 4) is 18.2 Å². The van der Waals surface area contributed by atoms with Crippen molar-refractivity contribution in [2.45, 2.75) is 46.5 Å². The Kier molecular flexibility index (Phi) is 18.9. The topological polar surface area (TPSA) is 212 Å². The zero-order chi connectivity index (χ0) is 34.4. The van der Waals surface area contributed by atoms with Gasteiger partial charge in [0, 0.05) is 89.8 Å². The molecule has 11 nitrogen and oxygen atoms in total. The van der Waals surface area contributed by atoms with Crippen LogP contribution in [0.5, 0.6) is 0 Å². The van der Waals surface area contributed by atoms with Crippen molar-refractivity contribution in [2.75, 3.05) is 0 Å². The molecule has 0 saturated carbocycles. The Morgan fingerprint density at radius 2 is 1.06 bits per heavy atom. The van der Waals surface area contributed by atoms with E-state index in [2.05, 4.69) is 46.2 Å². The van der Waals surface area contributed by atoms with E-state index in [4.69, 9.17) is 11.0 Å². The fourth-order valence-corrected chi connectivity index (χ4v) is 4.97. The van der Waals surface area contributed by atoms with Gasteiger partial charge in [-0.2, -0.15) is 15.8 Å². The second-order valence-corrected chi connectivity index (χ2v) is 10.3. The van der Waals surface area contributed by atoms with Gasteiger partial charge in [0.25, 0.3) is 0 Å². The number of carbonyl (C=O) groups excluding carboxylic acids is 2. The first-order chi connectivity index (χ1) is 22.0. The van der Waals surface area contributed by atoms with Crippen molar-refractivity contribution in [3.05, 3.63) is 128 Å². The van der Waals surface area contributed by atoms with Crippen molar-refractivity contribution < 1.29 is 59.1 Å². The van der Waals surface area contributed by atoms with E-state index in [-0.39, 0.29) is 61.4 Å². The smallest absolute Gasteiger partial charge is 0.150 e. The number of benzene rings is 2. The van der Waals surface area contributed by atoms with Crippen LogP contribution < -0.4 is 16.4 Å². The molecule has 0 fully saturated rings. The van der Waals surface area contributed by atoms with Crippen molar-refractivity contribution in [1.29, 1.82) is 15.8 Å². The molecular formula is C36H38AcN8O3. The molecular weight excluding hydrogens is 819 g/mol. The Morgan fingerprint density at radius 1 is 0.729 bits per heavy atom. The first-order valence-electron chi connectivity index (χ1n) is 14.0. The Labute approximate surface area is 317 Å². The molecule has 0 aromatic heterocycles. The van der Waals surface area contributed by atoms with Crippen LogP contribution in [0.2, 0.25) is 0 Å². The number of allylic oxidation sites excluding steroid dienone is 8. The van der Waals surface area contributed by atoms with E-state index in [9.17, 15) is 20.1 Å². The number of aliphatic imine (C=N–C) groups is 2. The average molecular weight is 858 g/mol. The summed E-state index contributed by atoms with van der Waals surface area (Å²) in [4.78, 5) is 28.6. The van der Waals surface area contributed by atoms with Gasteiger partial charge in [0.1, 0.15) is 12.6 Å². The van der Waals surface area contributed by atoms with E-state index in [1.807, 2.05) is 52.0 Å². The zero-order valence-corrected chi connectivity index (χ0v) is 32.4. The second-order valence-electron chi connectivity index (χ2n) is 10.3. The van der Waals surface area contributed by atoms with Crippen LogP contribution in [0.25, 0.3) is 0 Å². The van der Waals surface area contributed by atoms with Crippen LogP contribution in [0, 0.1) is 78.1 Å². The molecule has 2 aromatic rings. The summed E-state index contributed by atoms with van der Waals surface area (Å²) in [5.74, 6) is -0.560. The molecule has 0 spiro atoms. The fourth-order valence-electron chi connectivity index (χ4n) is 4.97. The number of nitrogens with one attached hydrogen (secondary N) is 2. The summed E-state index contributed by atoms with van der Waals surface area (Å²) >= 11 is 0. The maximum absolute atomic E-state index is 10.1. The van der Waals surface area contributed by atoms with Crippen molar-refractivity contribution in [2.24, 2.45) is 15.7 Å². The van der Waals surface area contributed by atoms with Gasteiger partial charge >= 0.3 is 0 Å². The average Bonchev–Trinajstić information content (AvgIpc) is 3.05. The molecule has 4 rings (SSSR count). The number of hydrogen-bond acceptors (Lipinski definition) is 10. The zero-order valence-electron chi connectivity index (χ0n) is 27.6. The van der Waals surface area contributed by atoms with Crippen LogP contribution in [0.1, 0.15) is 78.3 Å². The summed E-state index contributed by atoms with van der Waals surface area (Å²) in [5.41, 5.74) is 14.8. The number of hydrogen-bond donors (Lipinski definition) is 3. The van der Waals surface area contributed by atoms with E-state index in [1.54, 1.807) is 37.3 Å². The Hall–Kier alpha value is -4.91. The summed E-state index contributed by atoms with van der Waals surface area (Å²) in [6.45, 7) is 16.7. The summed E-state index contributed by atoms with van der Waals surface area (Å²) in [5, 5.41) is 33.7. The van der Waals surface area contributed by atoms with Gasteiger partial charge in [-0.05, 0) is 59.2 Å². The third-order valence-corrected chi connectivity index (χ3v) is 7.14. The number of dihydropyridines is 2. The van der Waals surface area contributed by atoms with E-state index >= 15 is 0 Å². The number of rotatable bonds is 6. The number of nitriles is 3. The molecule has 48 heavy (non-hydrogen) atoms. The molecule has 2 aliphatic heterocycles. The van der Waals surface area contributed by atoms with Gasteiger partial charge < -0.3 is 21.8 Å². The van der Waals surface area contributed by atoms with Crippen molar-refractivity contribution in [3.63, 3.8) is 0 Å². The molecule has 0 aliphatic carbocycles. The van der Waals surface area contributed by atoms with Gasteiger partial charge in [-0.15, -0.1) is 0 Å². The quantitative estimate of drug-likeness (QED) is 0.195. The molecule has 0 amide bonds. The van der Waals surface area contributed by atoms with Crippen molar-refractivity contribution >= 4 is 26.0 Å². The van der Waals surface area contributed by atoms with Gasteiger partial charge in [0.15, 0.2) is 0 Å². The van der Waals surface area contributed by atoms with Crippen LogP contribution in [-0.2, 0) is 0 Å². The predicted octanol–water partition coefficient (Wildman–Crippen LogP) is 5.38. The number of nitrogens with two attached hydrogens (primary N) is 1. The SMILES string of the molecule is C/C(N)=C\C#N.C=NC1=C(C)NC(C)=C(C#N)C1c1ccc(C2C(C#N)=C(C)NC(C)=C2N=C)cc1.O.O=Cc1ccc(C=O)cc1.[Ac]. The van der Waals surface area contributed by atoms with Crippen LogP contribution >= 0.6 is 0 Å². The predicted molar refractivity (Wildman–Crippen MR) is 184 cm³/mol. The fraction of sp³-hybridized carbons (Fsp3) is 0.194. The molecule has 2 aliphatic rings. The second kappa shape index (κ2) is 21.1. The van der Waals surface area contributed by atoms with Crippen LogP contribution in [0.3, 0.4) is 0 Å². The molecule has 0 saturated heterocycles. The third kappa shape index (κ3) is 10.8. The molecule has 2 aromatic carbocycles. The molecule has 2 atom stereocenters. The first-order valence-corrected chi connectivity index (χ1v) is 14.0. The maximum atomic E-state index is 10.1. The van der Waals surface area contributed by atoms with Gasteiger partial charge in [-0.3, -0.25) is 19.6 Å². The van der Waals surface area contributed by atoms with Gasteiger partial charge in [0.2, 0.25) is 0 Å². The Bertz CT molecular complexity index is 1680. The van der Waals surface area contributed by atoms with Crippen molar-refractivity contribution in [1.82, 2.24) is 10.6 Å². The monoisotopic (exact) mass is 857 g/mol. The van der Waals surface area contributed by atoms with Gasteiger partial charge in [-0.25, -0.2) is 0 Å². The molecule has 2 unspecified atom stereocenters. The molecule has 6 N–H and O–H groups in total. The summed E-state index contributed by atoms with van der Waals surface area (Å²) in [6.07, 6.45) is 2.78. The molecule has 243 valence electrons. The van der Waals surface area contributed by atoms with E-state index in [1.165, 1.54) is 6.08 Å². The minimum absolute atomic E-state index is 0. The van der Waals surface area contributed by atoms with Crippen LogP contribution in [0.15, 0.2) is 116 Å². The third-order valence-electron chi connectivity index (χ3n) is 7.14. The Morgan fingerprint density at radius 3 is 1.27 bits per heavy atom.